The number of benzene rings is 1. The molecule has 0 unspecified atom stereocenters. The number of imidazole rings is 1. The molecule has 0 saturated carbocycles. The maximum absolute atomic E-state index is 12.4. The lowest BCUT2D eigenvalue weighted by Crippen LogP contribution is -2.33. The predicted octanol–water partition coefficient (Wildman–Crippen LogP) is 1.84. The minimum atomic E-state index is -0.945. The molecule has 0 radical (unpaired) electrons. The number of carbonyl (C=O) groups excluding carboxylic acids is 1. The van der Waals surface area contributed by atoms with Gasteiger partial charge in [-0.2, -0.15) is 0 Å². The van der Waals surface area contributed by atoms with Crippen LogP contribution >= 0.6 is 0 Å². The van der Waals surface area contributed by atoms with E-state index in [1.54, 1.807) is 12.1 Å². The molecule has 0 bridgehead atoms. The van der Waals surface area contributed by atoms with Crippen molar-refractivity contribution in [3.8, 4) is 0 Å². The molecular weight excluding hydrogens is 258 g/mol. The van der Waals surface area contributed by atoms with Crippen molar-refractivity contribution in [3.63, 3.8) is 0 Å². The zero-order valence-corrected chi connectivity index (χ0v) is 11.0. The van der Waals surface area contributed by atoms with E-state index in [2.05, 4.69) is 9.97 Å². The first-order valence-corrected chi connectivity index (χ1v) is 6.16. The fourth-order valence-corrected chi connectivity index (χ4v) is 1.80. The average Bonchev–Trinajstić information content (AvgIpc) is 2.94. The molecule has 6 heteroatoms. The van der Waals surface area contributed by atoms with E-state index in [0.29, 0.717) is 11.4 Å². The van der Waals surface area contributed by atoms with Crippen LogP contribution in [0.4, 0.5) is 5.69 Å². The number of aryl methyl sites for hydroxylation is 1. The van der Waals surface area contributed by atoms with Crippen LogP contribution in [0.3, 0.4) is 0 Å². The molecular formula is C14H15N3O3. The molecule has 0 aliphatic rings. The van der Waals surface area contributed by atoms with Crippen molar-refractivity contribution in [2.45, 2.75) is 13.3 Å². The molecule has 0 aliphatic carbocycles. The van der Waals surface area contributed by atoms with Crippen LogP contribution in [0.2, 0.25) is 0 Å². The summed E-state index contributed by atoms with van der Waals surface area (Å²) in [4.78, 5) is 31.1. The average molecular weight is 273 g/mol. The number of carboxylic acids is 1. The lowest BCUT2D eigenvalue weighted by atomic mass is 10.2. The number of carbonyl (C=O) groups is 2. The van der Waals surface area contributed by atoms with Gasteiger partial charge in [0.25, 0.3) is 5.91 Å². The highest BCUT2D eigenvalue weighted by Crippen LogP contribution is 2.17. The fourth-order valence-electron chi connectivity index (χ4n) is 1.80. The maximum atomic E-state index is 12.4. The first-order valence-electron chi connectivity index (χ1n) is 6.16. The Kier molecular flexibility index (Phi) is 4.14. The Labute approximate surface area is 116 Å². The number of aliphatic carboxylic acids is 1. The van der Waals surface area contributed by atoms with Crippen LogP contribution in [0.15, 0.2) is 36.8 Å². The van der Waals surface area contributed by atoms with Gasteiger partial charge in [-0.25, -0.2) is 4.98 Å². The number of anilines is 1. The summed E-state index contributed by atoms with van der Waals surface area (Å²) in [5.74, 6) is -1.24. The largest absolute Gasteiger partial charge is 0.481 e. The number of hydrogen-bond acceptors (Lipinski definition) is 3. The molecule has 2 N–H and O–H groups in total. The molecule has 0 spiro atoms. The number of aromatic amines is 1. The molecule has 2 aromatic rings. The summed E-state index contributed by atoms with van der Waals surface area (Å²) < 4.78 is 0. The first kappa shape index (κ1) is 13.8. The van der Waals surface area contributed by atoms with Crippen molar-refractivity contribution < 1.29 is 14.7 Å². The number of hydrogen-bond donors (Lipinski definition) is 2. The van der Waals surface area contributed by atoms with Gasteiger partial charge in [-0.05, 0) is 19.1 Å². The molecule has 0 saturated heterocycles. The van der Waals surface area contributed by atoms with Gasteiger partial charge >= 0.3 is 5.97 Å². The smallest absolute Gasteiger partial charge is 0.305 e. The quantitative estimate of drug-likeness (QED) is 0.870. The van der Waals surface area contributed by atoms with E-state index in [0.717, 1.165) is 5.56 Å². The second kappa shape index (κ2) is 6.01. The minimum Gasteiger partial charge on any atom is -0.481 e. The van der Waals surface area contributed by atoms with Crippen LogP contribution in [0.5, 0.6) is 0 Å². The van der Waals surface area contributed by atoms with Crippen LogP contribution in [0.1, 0.15) is 22.5 Å². The van der Waals surface area contributed by atoms with Gasteiger partial charge in [0.1, 0.15) is 5.69 Å². The van der Waals surface area contributed by atoms with Gasteiger partial charge in [0.15, 0.2) is 0 Å². The molecule has 1 aromatic heterocycles. The van der Waals surface area contributed by atoms with E-state index in [1.165, 1.54) is 17.4 Å². The van der Waals surface area contributed by atoms with E-state index in [4.69, 9.17) is 5.11 Å². The Morgan fingerprint density at radius 1 is 1.30 bits per heavy atom. The van der Waals surface area contributed by atoms with Crippen LogP contribution < -0.4 is 4.90 Å². The van der Waals surface area contributed by atoms with Gasteiger partial charge in [-0.1, -0.05) is 17.7 Å². The lowest BCUT2D eigenvalue weighted by molar-refractivity contribution is -0.136. The summed E-state index contributed by atoms with van der Waals surface area (Å²) in [5, 5.41) is 8.81. The van der Waals surface area contributed by atoms with Crippen molar-refractivity contribution in [1.82, 2.24) is 9.97 Å². The summed E-state index contributed by atoms with van der Waals surface area (Å²) in [6, 6.07) is 7.35. The number of amides is 1. The number of nitrogens with one attached hydrogen (secondary N) is 1. The minimum absolute atomic E-state index is 0.107. The lowest BCUT2D eigenvalue weighted by Gasteiger charge is -2.21. The summed E-state index contributed by atoms with van der Waals surface area (Å²) in [5.41, 5.74) is 2.06. The number of rotatable bonds is 5. The van der Waals surface area contributed by atoms with Crippen LogP contribution in [-0.4, -0.2) is 33.5 Å². The molecule has 1 aromatic carbocycles. The van der Waals surface area contributed by atoms with Crippen molar-refractivity contribution in [3.05, 3.63) is 48.0 Å². The third-order valence-electron chi connectivity index (χ3n) is 2.87. The Morgan fingerprint density at radius 2 is 2.00 bits per heavy atom. The molecule has 0 fully saturated rings. The molecule has 1 amide bonds. The van der Waals surface area contributed by atoms with E-state index in [9.17, 15) is 9.59 Å². The van der Waals surface area contributed by atoms with Gasteiger partial charge < -0.3 is 15.0 Å². The van der Waals surface area contributed by atoms with Crippen LogP contribution in [0, 0.1) is 6.92 Å². The van der Waals surface area contributed by atoms with Crippen molar-refractivity contribution in [2.75, 3.05) is 11.4 Å². The molecule has 0 atom stereocenters. The number of carboxylic acid groups (broad SMARTS) is 1. The maximum Gasteiger partial charge on any atom is 0.305 e. The monoisotopic (exact) mass is 273 g/mol. The van der Waals surface area contributed by atoms with Gasteiger partial charge in [0, 0.05) is 12.2 Å². The first-order chi connectivity index (χ1) is 9.58. The molecule has 104 valence electrons. The summed E-state index contributed by atoms with van der Waals surface area (Å²) >= 11 is 0. The number of nitrogens with zero attached hydrogens (tertiary/aromatic N) is 2. The number of H-pyrrole nitrogens is 1. The van der Waals surface area contributed by atoms with Gasteiger partial charge in [-0.3, -0.25) is 9.59 Å². The third-order valence-corrected chi connectivity index (χ3v) is 2.87. The Hall–Kier alpha value is -2.63. The molecule has 2 rings (SSSR count). The third kappa shape index (κ3) is 3.23. The molecule has 6 nitrogen and oxygen atoms in total. The topological polar surface area (TPSA) is 86.3 Å². The molecule has 0 aliphatic heterocycles. The SMILES string of the molecule is Cc1ccc(N(CCC(=O)O)C(=O)c2cnc[nH]2)cc1. The van der Waals surface area contributed by atoms with Crippen molar-refractivity contribution in [2.24, 2.45) is 0 Å². The van der Waals surface area contributed by atoms with E-state index in [1.807, 2.05) is 19.1 Å². The van der Waals surface area contributed by atoms with Crippen molar-refractivity contribution in [1.29, 1.82) is 0 Å². The van der Waals surface area contributed by atoms with Gasteiger partial charge in [0.05, 0.1) is 18.9 Å². The van der Waals surface area contributed by atoms with Gasteiger partial charge in [-0.15, -0.1) is 0 Å². The van der Waals surface area contributed by atoms with Crippen LogP contribution in [-0.2, 0) is 4.79 Å². The standard InChI is InChI=1S/C14H15N3O3/c1-10-2-4-11(5-3-10)17(7-6-13(18)19)14(20)12-8-15-9-16-12/h2-5,8-9H,6-7H2,1H3,(H,15,16)(H,18,19). The van der Waals surface area contributed by atoms with Gasteiger partial charge in [0.2, 0.25) is 0 Å². The Balaban J connectivity index is 2.26. The Bertz CT molecular complexity index is 591. The van der Waals surface area contributed by atoms with Crippen molar-refractivity contribution >= 4 is 17.6 Å². The summed E-state index contributed by atoms with van der Waals surface area (Å²) in [6.45, 7) is 2.05. The van der Waals surface area contributed by atoms with E-state index in [-0.39, 0.29) is 18.9 Å². The highest BCUT2D eigenvalue weighted by Gasteiger charge is 2.19. The normalized spacial score (nSPS) is 10.2. The highest BCUT2D eigenvalue weighted by atomic mass is 16.4. The van der Waals surface area contributed by atoms with E-state index >= 15 is 0 Å². The predicted molar refractivity (Wildman–Crippen MR) is 73.7 cm³/mol. The van der Waals surface area contributed by atoms with E-state index < -0.39 is 5.97 Å². The molecule has 1 heterocycles. The second-order valence-electron chi connectivity index (χ2n) is 4.40. The molecule has 20 heavy (non-hydrogen) atoms. The Morgan fingerprint density at radius 3 is 2.55 bits per heavy atom. The zero-order chi connectivity index (χ0) is 14.5. The second-order valence-corrected chi connectivity index (χ2v) is 4.40. The zero-order valence-electron chi connectivity index (χ0n) is 11.0. The number of aromatic nitrogens is 2. The summed E-state index contributed by atoms with van der Waals surface area (Å²) in [7, 11) is 0. The van der Waals surface area contributed by atoms with Crippen LogP contribution in [0.25, 0.3) is 0 Å². The fraction of sp³-hybridized carbons (Fsp3) is 0.214. The summed E-state index contributed by atoms with van der Waals surface area (Å²) in [6.07, 6.45) is 2.72. The highest BCUT2D eigenvalue weighted by molar-refractivity contribution is 6.04.